The lowest BCUT2D eigenvalue weighted by Crippen LogP contribution is -2.60. The van der Waals surface area contributed by atoms with Gasteiger partial charge in [0.25, 0.3) is 5.91 Å². The van der Waals surface area contributed by atoms with E-state index in [1.54, 1.807) is 62.4 Å². The molecule has 0 aliphatic heterocycles. The molecule has 0 aliphatic carbocycles. The lowest BCUT2D eigenvalue weighted by atomic mass is 9.92. The molecule has 4 amide bonds. The normalized spacial score (nSPS) is 14.2. The van der Waals surface area contributed by atoms with Crippen LogP contribution in [-0.4, -0.2) is 45.5 Å². The minimum atomic E-state index is -5.41. The van der Waals surface area contributed by atoms with E-state index >= 15 is 0 Å². The first-order valence-electron chi connectivity index (χ1n) is 14.6. The summed E-state index contributed by atoms with van der Waals surface area (Å²) in [5, 5.41) is 2.95. The van der Waals surface area contributed by atoms with Crippen molar-refractivity contribution >= 4 is 36.9 Å². The number of benzene rings is 3. The van der Waals surface area contributed by atoms with Crippen LogP contribution >= 0.6 is 7.60 Å². The number of para-hydroxylation sites is 1. The Labute approximate surface area is 263 Å². The van der Waals surface area contributed by atoms with Crippen LogP contribution in [0.4, 0.5) is 5.69 Å². The van der Waals surface area contributed by atoms with E-state index in [9.17, 15) is 33.5 Å². The number of amides is 4. The van der Waals surface area contributed by atoms with Crippen molar-refractivity contribution in [1.29, 1.82) is 0 Å². The third-order valence-corrected chi connectivity index (χ3v) is 8.92. The lowest BCUT2D eigenvalue weighted by Gasteiger charge is -2.46. The average molecular weight is 637 g/mol. The van der Waals surface area contributed by atoms with E-state index in [1.807, 2.05) is 13.8 Å². The van der Waals surface area contributed by atoms with Crippen LogP contribution in [0.5, 0.6) is 0 Å². The quantitative estimate of drug-likeness (QED) is 0.177. The Morgan fingerprint density at radius 1 is 0.822 bits per heavy atom. The number of primary amides is 1. The molecule has 1 unspecified atom stereocenters. The molecular formula is C33H41N4O7P. The summed E-state index contributed by atoms with van der Waals surface area (Å²) in [5.41, 5.74) is 5.81. The Balaban J connectivity index is 2.38. The van der Waals surface area contributed by atoms with E-state index in [-0.39, 0.29) is 40.6 Å². The molecule has 0 fully saturated rings. The Hall–Kier alpha value is -4.31. The molecule has 0 heterocycles. The van der Waals surface area contributed by atoms with Crippen molar-refractivity contribution < 1.29 is 33.5 Å². The Morgan fingerprint density at radius 3 is 1.78 bits per heavy atom. The minimum Gasteiger partial charge on any atom is -0.366 e. The van der Waals surface area contributed by atoms with Crippen LogP contribution in [0.1, 0.15) is 62.5 Å². The molecule has 3 atom stereocenters. The van der Waals surface area contributed by atoms with E-state index in [2.05, 4.69) is 10.6 Å². The minimum absolute atomic E-state index is 0.0113. The number of nitrogens with one attached hydrogen (secondary N) is 2. The number of carbonyl (C=O) groups is 4. The predicted molar refractivity (Wildman–Crippen MR) is 172 cm³/mol. The third-order valence-electron chi connectivity index (χ3n) is 7.36. The zero-order valence-corrected chi connectivity index (χ0v) is 26.9. The van der Waals surface area contributed by atoms with Gasteiger partial charge in [-0.1, -0.05) is 88.4 Å². The predicted octanol–water partition coefficient (Wildman–Crippen LogP) is 3.89. The second-order valence-corrected chi connectivity index (χ2v) is 13.4. The fourth-order valence-corrected chi connectivity index (χ4v) is 6.79. The molecule has 0 bridgehead atoms. The molecular weight excluding hydrogens is 595 g/mol. The fourth-order valence-electron chi connectivity index (χ4n) is 5.34. The van der Waals surface area contributed by atoms with Crippen LogP contribution in [0.2, 0.25) is 0 Å². The first kappa shape index (κ1) is 35.2. The highest BCUT2D eigenvalue weighted by Gasteiger charge is 2.58. The highest BCUT2D eigenvalue weighted by Crippen LogP contribution is 2.63. The molecule has 240 valence electrons. The van der Waals surface area contributed by atoms with Gasteiger partial charge < -0.3 is 26.2 Å². The van der Waals surface area contributed by atoms with Crippen LogP contribution in [0.15, 0.2) is 84.9 Å². The Kier molecular flexibility index (Phi) is 11.4. The molecule has 0 spiro atoms. The monoisotopic (exact) mass is 636 g/mol. The van der Waals surface area contributed by atoms with Gasteiger partial charge >= 0.3 is 7.60 Å². The van der Waals surface area contributed by atoms with E-state index in [4.69, 9.17) is 5.73 Å². The van der Waals surface area contributed by atoms with Crippen LogP contribution in [0, 0.1) is 11.8 Å². The number of hydrogen-bond donors (Lipinski definition) is 5. The summed E-state index contributed by atoms with van der Waals surface area (Å²) >= 11 is 0. The fraction of sp³-hybridized carbons (Fsp3) is 0.333. The first-order chi connectivity index (χ1) is 21.1. The summed E-state index contributed by atoms with van der Waals surface area (Å²) in [6.45, 7) is 8.49. The molecule has 0 aliphatic rings. The highest BCUT2D eigenvalue weighted by molar-refractivity contribution is 7.53. The largest absolute Gasteiger partial charge is 0.366 e. The molecule has 3 aromatic carbocycles. The van der Waals surface area contributed by atoms with Crippen molar-refractivity contribution in [2.24, 2.45) is 17.6 Å². The molecule has 3 rings (SSSR count). The zero-order valence-electron chi connectivity index (χ0n) is 26.0. The van der Waals surface area contributed by atoms with Crippen molar-refractivity contribution in [2.45, 2.75) is 58.4 Å². The van der Waals surface area contributed by atoms with Crippen molar-refractivity contribution in [3.63, 3.8) is 0 Å². The lowest BCUT2D eigenvalue weighted by molar-refractivity contribution is -0.132. The van der Waals surface area contributed by atoms with Gasteiger partial charge in [0.1, 0.15) is 12.1 Å². The summed E-state index contributed by atoms with van der Waals surface area (Å²) in [5.74, 6) is -3.02. The standard InChI is InChI=1S/C33H41N4O7P/c1-21(2)20-28(36-31(40)29(22(3)4)35-23(5)38)32(41)37(27-14-10-7-11-15-27)33(45(42,43)44,25-12-8-6-9-13-25)26-18-16-24(17-19-26)30(34)39/h6-19,21-22,28-29H,20H2,1-5H3,(H2,34,39)(H,35,38)(H,36,40)(H2,42,43,44)/t28-,29-,33?/m1/s1. The van der Waals surface area contributed by atoms with Crippen LogP contribution < -0.4 is 21.3 Å². The van der Waals surface area contributed by atoms with Crippen molar-refractivity contribution in [2.75, 3.05) is 4.90 Å². The number of nitrogens with two attached hydrogens (primary N) is 1. The maximum atomic E-state index is 15.0. The molecule has 11 nitrogen and oxygen atoms in total. The maximum Gasteiger partial charge on any atom is 0.360 e. The van der Waals surface area contributed by atoms with Crippen molar-refractivity contribution in [1.82, 2.24) is 10.6 Å². The number of rotatable bonds is 13. The first-order valence-corrected chi connectivity index (χ1v) is 16.2. The summed E-state index contributed by atoms with van der Waals surface area (Å²) in [6, 6.07) is 19.1. The highest BCUT2D eigenvalue weighted by atomic mass is 31.2. The van der Waals surface area contributed by atoms with Crippen molar-refractivity contribution in [3.8, 4) is 0 Å². The van der Waals surface area contributed by atoms with E-state index < -0.39 is 48.6 Å². The zero-order chi connectivity index (χ0) is 33.5. The second kappa shape index (κ2) is 14.6. The molecule has 3 aromatic rings. The topological polar surface area (TPSA) is 179 Å². The van der Waals surface area contributed by atoms with Gasteiger partial charge in [0, 0.05) is 18.2 Å². The van der Waals surface area contributed by atoms with Gasteiger partial charge in [0.05, 0.1) is 0 Å². The van der Waals surface area contributed by atoms with Gasteiger partial charge in [-0.3, -0.25) is 28.6 Å². The van der Waals surface area contributed by atoms with Gasteiger partial charge in [-0.2, -0.15) is 0 Å². The van der Waals surface area contributed by atoms with Gasteiger partial charge in [0.15, 0.2) is 5.28 Å². The molecule has 0 saturated heterocycles. The third kappa shape index (κ3) is 7.86. The average Bonchev–Trinajstić information content (AvgIpc) is 2.97. The number of nitrogens with zero attached hydrogens (tertiary/aromatic N) is 1. The summed E-state index contributed by atoms with van der Waals surface area (Å²) in [4.78, 5) is 76.1. The molecule has 0 saturated carbocycles. The smallest absolute Gasteiger partial charge is 0.360 e. The second-order valence-electron chi connectivity index (χ2n) is 11.6. The Morgan fingerprint density at radius 2 is 1.33 bits per heavy atom. The van der Waals surface area contributed by atoms with Gasteiger partial charge in [-0.25, -0.2) is 0 Å². The van der Waals surface area contributed by atoms with Gasteiger partial charge in [-0.05, 0) is 53.6 Å². The van der Waals surface area contributed by atoms with Crippen LogP contribution in [0.3, 0.4) is 0 Å². The number of anilines is 1. The van der Waals surface area contributed by atoms with Crippen LogP contribution in [-0.2, 0) is 24.2 Å². The Bertz CT molecular complexity index is 1540. The number of carbonyl (C=O) groups excluding carboxylic acids is 4. The molecule has 45 heavy (non-hydrogen) atoms. The summed E-state index contributed by atoms with van der Waals surface area (Å²) < 4.78 is 14.1. The van der Waals surface area contributed by atoms with Gasteiger partial charge in [0.2, 0.25) is 17.7 Å². The summed E-state index contributed by atoms with van der Waals surface area (Å²) in [7, 11) is -5.41. The maximum absolute atomic E-state index is 15.0. The van der Waals surface area contributed by atoms with Gasteiger partial charge in [-0.15, -0.1) is 0 Å². The molecule has 0 aromatic heterocycles. The van der Waals surface area contributed by atoms with E-state index in [1.165, 1.54) is 43.3 Å². The molecule has 6 N–H and O–H groups in total. The number of hydrogen-bond acceptors (Lipinski definition) is 5. The summed E-state index contributed by atoms with van der Waals surface area (Å²) in [6.07, 6.45) is 0.117. The molecule has 12 heteroatoms. The SMILES string of the molecule is CC(=O)N[C@@H](C(=O)N[C@H](CC(C)C)C(=O)N(c1ccccc1)C(c1ccccc1)(c1ccc(C(N)=O)cc1)P(=O)(O)O)C(C)C. The van der Waals surface area contributed by atoms with E-state index in [0.717, 1.165) is 4.90 Å². The van der Waals surface area contributed by atoms with Crippen LogP contribution in [0.25, 0.3) is 0 Å². The van der Waals surface area contributed by atoms with E-state index in [0.29, 0.717) is 0 Å². The molecule has 0 radical (unpaired) electrons. The van der Waals surface area contributed by atoms with Crippen molar-refractivity contribution in [3.05, 3.63) is 102 Å².